The molecule has 0 saturated carbocycles. The predicted octanol–water partition coefficient (Wildman–Crippen LogP) is 1.78. The molecule has 15 heavy (non-hydrogen) atoms. The van der Waals surface area contributed by atoms with Gasteiger partial charge < -0.3 is 0 Å². The maximum atomic E-state index is 11.0. The van der Waals surface area contributed by atoms with Crippen LogP contribution in [-0.4, -0.2) is 18.9 Å². The average Bonchev–Trinajstić information content (AvgIpc) is 2.22. The first kappa shape index (κ1) is 15.6. The van der Waals surface area contributed by atoms with Gasteiger partial charge in [0.25, 0.3) is 0 Å². The Labute approximate surface area is 111 Å². The van der Waals surface area contributed by atoms with Crippen LogP contribution in [0.1, 0.15) is 46.0 Å². The Morgan fingerprint density at radius 3 is 2.53 bits per heavy atom. The number of carbonyl (C=O) groups is 1. The van der Waals surface area contributed by atoms with E-state index in [1.54, 1.807) is 6.92 Å². The van der Waals surface area contributed by atoms with Crippen LogP contribution in [0, 0.1) is 36.4 Å². The van der Waals surface area contributed by atoms with Crippen molar-refractivity contribution in [2.75, 3.05) is 0 Å². The molecule has 0 aromatic rings. The predicted molar refractivity (Wildman–Crippen MR) is 53.5 cm³/mol. The van der Waals surface area contributed by atoms with Crippen LogP contribution in [0.15, 0.2) is 0 Å². The van der Waals surface area contributed by atoms with Crippen LogP contribution in [0.2, 0.25) is 0 Å². The van der Waals surface area contributed by atoms with E-state index >= 15 is 0 Å². The Balaban J connectivity index is 3.72. The Hall–Kier alpha value is 0.568. The normalized spacial score (nSPS) is 14.5. The first-order chi connectivity index (χ1) is 7.11. The molecular weight excluding hydrogens is 332 g/mol. The van der Waals surface area contributed by atoms with Gasteiger partial charge in [-0.25, -0.2) is 0 Å². The number of nitrogens with one attached hydrogen (secondary N) is 1. The number of aliphatic carboxylic acids is 1. The molecule has 0 radical (unpaired) electrons. The van der Waals surface area contributed by atoms with Crippen molar-refractivity contribution in [3.63, 3.8) is 0 Å². The van der Waals surface area contributed by atoms with Crippen LogP contribution in [0.4, 0.5) is 0 Å². The summed E-state index contributed by atoms with van der Waals surface area (Å²) >= 11 is -1.64. The van der Waals surface area contributed by atoms with E-state index in [-0.39, 0.29) is 1.76 Å². The van der Waals surface area contributed by atoms with Gasteiger partial charge in [-0.2, -0.15) is 0 Å². The summed E-state index contributed by atoms with van der Waals surface area (Å²) in [5, 5.41) is 11.6. The van der Waals surface area contributed by atoms with E-state index in [0.717, 1.165) is 19.3 Å². The summed E-state index contributed by atoms with van der Waals surface area (Å²) in [6, 6.07) is -0.588. The summed E-state index contributed by atoms with van der Waals surface area (Å²) in [4.78, 5) is 10.6. The maximum absolute atomic E-state index is 11.0. The van der Waals surface area contributed by atoms with Crippen LogP contribution in [0.25, 0.3) is 0 Å². The number of carboxylic acid groups (broad SMARTS) is 1. The van der Waals surface area contributed by atoms with Crippen molar-refractivity contribution in [3.05, 3.63) is 0 Å². The Morgan fingerprint density at radius 1 is 1.40 bits per heavy atom. The van der Waals surface area contributed by atoms with Crippen molar-refractivity contribution in [1.82, 2.24) is 5.32 Å². The molecule has 0 rings (SSSR count). The van der Waals surface area contributed by atoms with E-state index in [0.29, 0.717) is 0 Å². The molecule has 0 aliphatic rings. The van der Waals surface area contributed by atoms with E-state index in [4.69, 9.17) is 5.11 Å². The number of hydrogen-bond acceptors (Lipinski definition) is 3. The van der Waals surface area contributed by atoms with Crippen molar-refractivity contribution < 1.29 is 47.4 Å². The first-order valence-corrected chi connectivity index (χ1v) is 7.97. The zero-order chi connectivity index (χ0) is 11.7. The molecule has 0 heterocycles. The van der Waals surface area contributed by atoms with Gasteiger partial charge in [0, 0.05) is 0 Å². The molecule has 2 atom stereocenters. The van der Waals surface area contributed by atoms with Crippen LogP contribution in [-0.2, 0) is 5.90 Å². The van der Waals surface area contributed by atoms with Gasteiger partial charge in [-0.15, -0.1) is 0 Å². The molecule has 0 amide bonds. The Morgan fingerprint density at radius 2 is 2.07 bits per heavy atom. The molecule has 0 fully saturated rings. The molecular formula is C10H20NO3Sm. The molecule has 1 unspecified atom stereocenters. The number of rotatable bonds is 9. The van der Waals surface area contributed by atoms with Crippen LogP contribution < -0.4 is 5.32 Å². The summed E-state index contributed by atoms with van der Waals surface area (Å²) in [5.41, 5.74) is 0. The molecule has 2 N–H and O–H groups in total. The fraction of sp³-hybridized carbons (Fsp3) is 0.900. The SMILES string of the molecule is CCCCCC[CH](N[C@@H](C)C(=O)O)[Sm]=[O]. The molecule has 0 aromatic carbocycles. The van der Waals surface area contributed by atoms with Gasteiger partial charge in [-0.3, -0.25) is 0 Å². The molecule has 5 heteroatoms. The zero-order valence-corrected chi connectivity index (χ0v) is 12.0. The van der Waals surface area contributed by atoms with Crippen LogP contribution in [0.5, 0.6) is 0 Å². The fourth-order valence-corrected chi connectivity index (χ4v) is 2.94. The monoisotopic (exact) mass is 354 g/mol. The van der Waals surface area contributed by atoms with Gasteiger partial charge in [0.2, 0.25) is 0 Å². The first-order valence-electron chi connectivity index (χ1n) is 5.39. The average molecular weight is 353 g/mol. The van der Waals surface area contributed by atoms with Crippen molar-refractivity contribution in [3.8, 4) is 0 Å². The summed E-state index contributed by atoms with van der Waals surface area (Å²) < 4.78 is 10.9. The standard InChI is InChI=1S/C10H20NO2.O.Sm/c1-3-4-5-6-7-8-11-9(2)10(12)13;;/h8-9,11H,3-7H2,1-2H3,(H,12,13);;/t9-;;/m0../s1. The number of hydrogen-bond donors (Lipinski definition) is 2. The van der Waals surface area contributed by atoms with Gasteiger partial charge in [-0.1, -0.05) is 0 Å². The van der Waals surface area contributed by atoms with Crippen molar-refractivity contribution in [1.29, 1.82) is 0 Å². The third-order valence-electron chi connectivity index (χ3n) is 2.24. The van der Waals surface area contributed by atoms with Gasteiger partial charge in [-0.05, 0) is 0 Å². The van der Waals surface area contributed by atoms with Crippen LogP contribution in [0.3, 0.4) is 0 Å². The summed E-state index contributed by atoms with van der Waals surface area (Å²) in [5.74, 6) is -0.874. The number of unbranched alkanes of at least 4 members (excludes halogenated alkanes) is 3. The van der Waals surface area contributed by atoms with E-state index in [1.165, 1.54) is 12.8 Å². The summed E-state index contributed by atoms with van der Waals surface area (Å²) in [7, 11) is 0. The molecule has 0 spiro atoms. The van der Waals surface area contributed by atoms with Gasteiger partial charge >= 0.3 is 112 Å². The topological polar surface area (TPSA) is 66.4 Å². The quantitative estimate of drug-likeness (QED) is 0.621. The van der Waals surface area contributed by atoms with Crippen molar-refractivity contribution >= 4 is 5.97 Å². The minimum atomic E-state index is -1.64. The molecule has 0 aliphatic carbocycles. The second-order valence-corrected chi connectivity index (χ2v) is 6.10. The molecule has 0 aliphatic heterocycles. The van der Waals surface area contributed by atoms with Crippen molar-refractivity contribution in [2.45, 2.75) is 53.8 Å². The van der Waals surface area contributed by atoms with E-state index in [2.05, 4.69) is 12.2 Å². The molecule has 4 nitrogen and oxygen atoms in total. The third kappa shape index (κ3) is 8.38. The van der Waals surface area contributed by atoms with Gasteiger partial charge in [0.15, 0.2) is 0 Å². The Kier molecular flexibility index (Phi) is 10.1. The van der Waals surface area contributed by atoms with E-state index in [1.807, 2.05) is 0 Å². The van der Waals surface area contributed by atoms with Gasteiger partial charge in [0.05, 0.1) is 0 Å². The molecule has 89 valence electrons. The molecule has 0 saturated heterocycles. The van der Waals surface area contributed by atoms with Gasteiger partial charge in [0.1, 0.15) is 0 Å². The fourth-order valence-electron chi connectivity index (χ4n) is 1.27. The minimum absolute atomic E-state index is 0.0343. The van der Waals surface area contributed by atoms with E-state index < -0.39 is 48.4 Å². The second kappa shape index (κ2) is 9.77. The zero-order valence-electron chi connectivity index (χ0n) is 9.36. The molecule has 0 bridgehead atoms. The summed E-state index contributed by atoms with van der Waals surface area (Å²) in [6.45, 7) is 3.74. The van der Waals surface area contributed by atoms with Crippen molar-refractivity contribution in [2.24, 2.45) is 0 Å². The Bertz CT molecular complexity index is 199. The van der Waals surface area contributed by atoms with E-state index in [9.17, 15) is 5.90 Å². The second-order valence-electron chi connectivity index (χ2n) is 3.66. The third-order valence-corrected chi connectivity index (χ3v) is 4.18. The molecule has 0 aromatic heterocycles. The number of carboxylic acids is 1. The van der Waals surface area contributed by atoms with Crippen LogP contribution >= 0.6 is 0 Å². The summed E-state index contributed by atoms with van der Waals surface area (Å²) in [6.07, 6.45) is 5.42.